The summed E-state index contributed by atoms with van der Waals surface area (Å²) < 4.78 is 10.5. The van der Waals surface area contributed by atoms with Gasteiger partial charge in [-0.15, -0.1) is 0 Å². The first-order valence-corrected chi connectivity index (χ1v) is 3.80. The third-order valence-corrected chi connectivity index (χ3v) is 1.98. The van der Waals surface area contributed by atoms with Crippen molar-refractivity contribution in [2.24, 2.45) is 0 Å². The number of fused-ring (bicyclic) bond motifs is 1. The van der Waals surface area contributed by atoms with Crippen molar-refractivity contribution in [3.63, 3.8) is 0 Å². The van der Waals surface area contributed by atoms with E-state index in [4.69, 9.17) is 9.47 Å². The molecular formula is C10H10O2. The van der Waals surface area contributed by atoms with Crippen molar-refractivity contribution in [2.75, 3.05) is 7.11 Å². The van der Waals surface area contributed by atoms with E-state index in [2.05, 4.69) is 6.58 Å². The fourth-order valence-corrected chi connectivity index (χ4v) is 1.39. The van der Waals surface area contributed by atoms with Gasteiger partial charge in [-0.1, -0.05) is 30.8 Å². The fourth-order valence-electron chi connectivity index (χ4n) is 1.39. The maximum Gasteiger partial charge on any atom is 0.227 e. The van der Waals surface area contributed by atoms with Crippen LogP contribution in [0.3, 0.4) is 0 Å². The molecule has 0 unspecified atom stereocenters. The minimum absolute atomic E-state index is 0.270. The Kier molecular flexibility index (Phi) is 1.62. The van der Waals surface area contributed by atoms with Gasteiger partial charge in [0.15, 0.2) is 0 Å². The third kappa shape index (κ3) is 0.924. The summed E-state index contributed by atoms with van der Waals surface area (Å²) in [5, 5.41) is 0. The molecule has 62 valence electrons. The van der Waals surface area contributed by atoms with Crippen LogP contribution in [-0.4, -0.2) is 7.11 Å². The van der Waals surface area contributed by atoms with Crippen LogP contribution in [0.25, 0.3) is 5.76 Å². The molecule has 1 atom stereocenters. The van der Waals surface area contributed by atoms with Crippen molar-refractivity contribution < 1.29 is 9.47 Å². The van der Waals surface area contributed by atoms with Crippen LogP contribution in [-0.2, 0) is 9.47 Å². The van der Waals surface area contributed by atoms with Gasteiger partial charge >= 0.3 is 0 Å². The highest BCUT2D eigenvalue weighted by molar-refractivity contribution is 5.64. The second-order valence-corrected chi connectivity index (χ2v) is 2.70. The summed E-state index contributed by atoms with van der Waals surface area (Å²) in [6, 6.07) is 7.90. The molecule has 1 aromatic carbocycles. The van der Waals surface area contributed by atoms with E-state index in [-0.39, 0.29) is 6.29 Å². The van der Waals surface area contributed by atoms with Gasteiger partial charge in [0.25, 0.3) is 0 Å². The molecule has 2 heteroatoms. The van der Waals surface area contributed by atoms with Gasteiger partial charge in [-0.2, -0.15) is 0 Å². The molecule has 1 aromatic rings. The second kappa shape index (κ2) is 2.64. The molecule has 1 aliphatic rings. The summed E-state index contributed by atoms with van der Waals surface area (Å²) in [6.45, 7) is 3.79. The highest BCUT2D eigenvalue weighted by Crippen LogP contribution is 2.36. The van der Waals surface area contributed by atoms with Gasteiger partial charge < -0.3 is 9.47 Å². The lowest BCUT2D eigenvalue weighted by Gasteiger charge is -2.07. The lowest BCUT2D eigenvalue weighted by Crippen LogP contribution is -1.96. The topological polar surface area (TPSA) is 18.5 Å². The van der Waals surface area contributed by atoms with Crippen LogP contribution in [0.2, 0.25) is 0 Å². The van der Waals surface area contributed by atoms with Crippen molar-refractivity contribution in [1.29, 1.82) is 0 Å². The van der Waals surface area contributed by atoms with Crippen molar-refractivity contribution in [3.8, 4) is 0 Å². The van der Waals surface area contributed by atoms with Gasteiger partial charge in [-0.05, 0) is 0 Å². The molecule has 1 aliphatic heterocycles. The molecule has 0 N–H and O–H groups in total. The Hall–Kier alpha value is -1.28. The summed E-state index contributed by atoms with van der Waals surface area (Å²) in [5.41, 5.74) is 2.11. The van der Waals surface area contributed by atoms with Crippen LogP contribution in [0.15, 0.2) is 30.8 Å². The normalized spacial score (nSPS) is 20.4. The largest absolute Gasteiger partial charge is 0.461 e. The Morgan fingerprint density at radius 2 is 2.17 bits per heavy atom. The Bertz CT molecular complexity index is 317. The summed E-state index contributed by atoms with van der Waals surface area (Å²) in [7, 11) is 1.63. The number of benzene rings is 1. The molecule has 2 rings (SSSR count). The number of hydrogen-bond donors (Lipinski definition) is 0. The third-order valence-electron chi connectivity index (χ3n) is 1.98. The lowest BCUT2D eigenvalue weighted by molar-refractivity contribution is -0.0647. The molecule has 0 fully saturated rings. The molecule has 0 radical (unpaired) electrons. The van der Waals surface area contributed by atoms with Gasteiger partial charge in [0.05, 0.1) is 0 Å². The molecule has 0 aromatic heterocycles. The van der Waals surface area contributed by atoms with E-state index in [1.165, 1.54) is 0 Å². The number of methoxy groups -OCH3 is 1. The van der Waals surface area contributed by atoms with Gasteiger partial charge in [-0.3, -0.25) is 0 Å². The van der Waals surface area contributed by atoms with E-state index in [0.717, 1.165) is 11.1 Å². The van der Waals surface area contributed by atoms with Crippen LogP contribution in [0.1, 0.15) is 17.4 Å². The Balaban J connectivity index is 2.50. The molecule has 0 aliphatic carbocycles. The zero-order valence-corrected chi connectivity index (χ0v) is 6.91. The molecule has 0 bridgehead atoms. The molecule has 0 spiro atoms. The molecule has 0 saturated carbocycles. The first kappa shape index (κ1) is 7.37. The van der Waals surface area contributed by atoms with E-state index in [0.29, 0.717) is 5.76 Å². The van der Waals surface area contributed by atoms with Crippen molar-refractivity contribution in [2.45, 2.75) is 6.29 Å². The summed E-state index contributed by atoms with van der Waals surface area (Å²) in [4.78, 5) is 0. The van der Waals surface area contributed by atoms with Gasteiger partial charge in [-0.25, -0.2) is 0 Å². The van der Waals surface area contributed by atoms with E-state index < -0.39 is 0 Å². The van der Waals surface area contributed by atoms with E-state index in [9.17, 15) is 0 Å². The van der Waals surface area contributed by atoms with E-state index in [1.54, 1.807) is 7.11 Å². The summed E-state index contributed by atoms with van der Waals surface area (Å²) in [6.07, 6.45) is -0.270. The predicted molar refractivity (Wildman–Crippen MR) is 46.3 cm³/mol. The number of rotatable bonds is 1. The Labute approximate surface area is 71.4 Å². The second-order valence-electron chi connectivity index (χ2n) is 2.70. The van der Waals surface area contributed by atoms with Gasteiger partial charge in [0, 0.05) is 18.2 Å². The summed E-state index contributed by atoms with van der Waals surface area (Å²) in [5.74, 6) is 0.692. The van der Waals surface area contributed by atoms with Crippen molar-refractivity contribution in [3.05, 3.63) is 42.0 Å². The van der Waals surface area contributed by atoms with E-state index in [1.807, 2.05) is 24.3 Å². The smallest absolute Gasteiger partial charge is 0.227 e. The maximum absolute atomic E-state index is 5.36. The van der Waals surface area contributed by atoms with Crippen LogP contribution < -0.4 is 0 Å². The number of ether oxygens (including phenoxy) is 2. The highest BCUT2D eigenvalue weighted by atomic mass is 16.7. The highest BCUT2D eigenvalue weighted by Gasteiger charge is 2.25. The van der Waals surface area contributed by atoms with Crippen LogP contribution >= 0.6 is 0 Å². The maximum atomic E-state index is 5.36. The Morgan fingerprint density at radius 3 is 2.92 bits per heavy atom. The van der Waals surface area contributed by atoms with Crippen LogP contribution in [0.4, 0.5) is 0 Å². The standard InChI is InChI=1S/C10H10O2/c1-7-8-5-3-4-6-9(8)10(11-2)12-7/h3-6,10H,1H2,2H3/t10-/m0/s1. The van der Waals surface area contributed by atoms with Crippen molar-refractivity contribution in [1.82, 2.24) is 0 Å². The molecule has 12 heavy (non-hydrogen) atoms. The van der Waals surface area contributed by atoms with Crippen molar-refractivity contribution >= 4 is 5.76 Å². The van der Waals surface area contributed by atoms with Gasteiger partial charge in [0.2, 0.25) is 6.29 Å². The lowest BCUT2D eigenvalue weighted by atomic mass is 10.1. The van der Waals surface area contributed by atoms with E-state index >= 15 is 0 Å². The summed E-state index contributed by atoms with van der Waals surface area (Å²) >= 11 is 0. The quantitative estimate of drug-likeness (QED) is 0.631. The first-order valence-electron chi connectivity index (χ1n) is 3.80. The van der Waals surface area contributed by atoms with Crippen LogP contribution in [0, 0.1) is 0 Å². The molecule has 1 heterocycles. The molecular weight excluding hydrogens is 152 g/mol. The fraction of sp³-hybridized carbons (Fsp3) is 0.200. The van der Waals surface area contributed by atoms with Gasteiger partial charge in [0.1, 0.15) is 5.76 Å². The minimum Gasteiger partial charge on any atom is -0.461 e. The monoisotopic (exact) mass is 162 g/mol. The molecule has 2 nitrogen and oxygen atoms in total. The van der Waals surface area contributed by atoms with Crippen LogP contribution in [0.5, 0.6) is 0 Å². The SMILES string of the molecule is C=C1O[C@H](OC)c2ccccc21. The average Bonchev–Trinajstić information content (AvgIpc) is 2.44. The molecule has 0 saturated heterocycles. The molecule has 0 amide bonds. The Morgan fingerprint density at radius 1 is 1.42 bits per heavy atom. The minimum atomic E-state index is -0.270. The average molecular weight is 162 g/mol. The predicted octanol–water partition coefficient (Wildman–Crippen LogP) is 2.33. The zero-order chi connectivity index (χ0) is 8.55. The number of hydrogen-bond acceptors (Lipinski definition) is 2. The zero-order valence-electron chi connectivity index (χ0n) is 6.91. The first-order chi connectivity index (χ1) is 5.83.